The van der Waals surface area contributed by atoms with E-state index in [9.17, 15) is 22.4 Å². The third-order valence-electron chi connectivity index (χ3n) is 6.28. The fourth-order valence-electron chi connectivity index (χ4n) is 4.44. The van der Waals surface area contributed by atoms with Crippen molar-refractivity contribution in [3.05, 3.63) is 94.3 Å². The summed E-state index contributed by atoms with van der Waals surface area (Å²) in [5.74, 6) is -2.67. The first-order valence-electron chi connectivity index (χ1n) is 13.1. The van der Waals surface area contributed by atoms with Crippen LogP contribution in [0.15, 0.2) is 65.7 Å². The van der Waals surface area contributed by atoms with Crippen LogP contribution in [0, 0.1) is 26.6 Å². The number of nitrogens with two attached hydrogens (primary N) is 1. The molecule has 9 nitrogen and oxygen atoms in total. The van der Waals surface area contributed by atoms with Gasteiger partial charge < -0.3 is 15.8 Å². The molecule has 0 radical (unpaired) electrons. The summed E-state index contributed by atoms with van der Waals surface area (Å²) in [5.41, 5.74) is 8.57. The lowest BCUT2D eigenvalue weighted by atomic mass is 10.1. The number of hydrogen-bond acceptors (Lipinski definition) is 8. The molecule has 2 aromatic carbocycles. The van der Waals surface area contributed by atoms with Gasteiger partial charge in [0.1, 0.15) is 23.1 Å². The zero-order valence-corrected chi connectivity index (χ0v) is 24.7. The molecule has 0 saturated carbocycles. The number of nitrogens with zero attached hydrogens (tertiary/aromatic N) is 2. The lowest BCUT2D eigenvalue weighted by Crippen LogP contribution is -2.30. The number of aromatic nitrogens is 2. The normalized spacial score (nSPS) is 11.4. The molecule has 0 unspecified atom stereocenters. The average molecular weight is 591 g/mol. The average Bonchev–Trinajstić information content (AvgIpc) is 2.89. The van der Waals surface area contributed by atoms with Crippen LogP contribution in [0.2, 0.25) is 0 Å². The molecule has 0 aliphatic heterocycles. The highest BCUT2D eigenvalue weighted by molar-refractivity contribution is 7.92. The van der Waals surface area contributed by atoms with Crippen molar-refractivity contribution in [3.8, 4) is 22.9 Å². The van der Waals surface area contributed by atoms with Crippen LogP contribution < -0.4 is 15.8 Å². The quantitative estimate of drug-likeness (QED) is 0.248. The summed E-state index contributed by atoms with van der Waals surface area (Å²) in [6, 6.07) is 14.7. The molecule has 2 heterocycles. The number of amides is 1. The molecule has 4 aromatic rings. The van der Waals surface area contributed by atoms with Crippen molar-refractivity contribution in [2.45, 2.75) is 45.7 Å². The summed E-state index contributed by atoms with van der Waals surface area (Å²) in [4.78, 5) is 34.1. The number of nitrogen functional groups attached to an aromatic ring is 1. The Hall–Kier alpha value is -4.64. The molecule has 11 heteroatoms. The van der Waals surface area contributed by atoms with Crippen molar-refractivity contribution >= 4 is 27.3 Å². The van der Waals surface area contributed by atoms with Crippen molar-refractivity contribution in [3.63, 3.8) is 0 Å². The smallest absolute Gasteiger partial charge is 0.254 e. The predicted octanol–water partition coefficient (Wildman–Crippen LogP) is 5.38. The van der Waals surface area contributed by atoms with Crippen LogP contribution in [0.25, 0.3) is 11.3 Å². The van der Waals surface area contributed by atoms with Crippen LogP contribution in [0.1, 0.15) is 51.3 Å². The van der Waals surface area contributed by atoms with Gasteiger partial charge in [-0.15, -0.1) is 0 Å². The summed E-state index contributed by atoms with van der Waals surface area (Å²) in [6.45, 7) is 9.16. The maximum absolute atomic E-state index is 15.0. The van der Waals surface area contributed by atoms with Crippen LogP contribution >= 0.6 is 0 Å². The van der Waals surface area contributed by atoms with Gasteiger partial charge in [0.05, 0.1) is 16.8 Å². The van der Waals surface area contributed by atoms with E-state index < -0.39 is 33.1 Å². The van der Waals surface area contributed by atoms with E-state index in [-0.39, 0.29) is 39.6 Å². The highest BCUT2D eigenvalue weighted by atomic mass is 32.2. The zero-order valence-electron chi connectivity index (χ0n) is 23.9. The van der Waals surface area contributed by atoms with Gasteiger partial charge in [0.25, 0.3) is 5.91 Å². The maximum Gasteiger partial charge on any atom is 0.254 e. The first-order valence-corrected chi connectivity index (χ1v) is 14.8. The number of sulfone groups is 1. The molecule has 0 atom stereocenters. The highest BCUT2D eigenvalue weighted by Crippen LogP contribution is 2.33. The summed E-state index contributed by atoms with van der Waals surface area (Å²) in [7, 11) is -4.14. The van der Waals surface area contributed by atoms with Crippen molar-refractivity contribution in [2.75, 3.05) is 11.5 Å². The summed E-state index contributed by atoms with van der Waals surface area (Å²) >= 11 is 0. The van der Waals surface area contributed by atoms with E-state index >= 15 is 0 Å². The lowest BCUT2D eigenvalue weighted by Gasteiger charge is -2.16. The molecule has 0 fully saturated rings. The number of anilines is 1. The molecule has 0 aliphatic rings. The Morgan fingerprint density at radius 1 is 0.952 bits per heavy atom. The number of Topliss-reactive ketones (excluding diaryl/α,β-unsaturated/α-hetero) is 1. The second-order valence-corrected chi connectivity index (χ2v) is 12.2. The SMILES string of the molecule is Cc1cc(C)c(Oc2nc(-c3ccc(C(=O)NC(C)C)c(F)c3)ccc2C(=O)CS(=O)(=O)c2cccc(N)n2)c(C)c1. The van der Waals surface area contributed by atoms with Crippen molar-refractivity contribution in [2.24, 2.45) is 0 Å². The van der Waals surface area contributed by atoms with E-state index in [1.54, 1.807) is 13.8 Å². The van der Waals surface area contributed by atoms with Crippen molar-refractivity contribution in [1.82, 2.24) is 15.3 Å². The Morgan fingerprint density at radius 3 is 2.24 bits per heavy atom. The number of benzene rings is 2. The molecule has 0 bridgehead atoms. The number of halogens is 1. The maximum atomic E-state index is 15.0. The molecule has 0 aliphatic carbocycles. The number of ketones is 1. The predicted molar refractivity (Wildman–Crippen MR) is 158 cm³/mol. The molecule has 4 rings (SSSR count). The van der Waals surface area contributed by atoms with Gasteiger partial charge in [-0.3, -0.25) is 9.59 Å². The van der Waals surface area contributed by atoms with Gasteiger partial charge in [0.15, 0.2) is 10.8 Å². The van der Waals surface area contributed by atoms with Gasteiger partial charge in [-0.2, -0.15) is 0 Å². The molecular weight excluding hydrogens is 559 g/mol. The minimum atomic E-state index is -4.14. The molecule has 1 amide bonds. The van der Waals surface area contributed by atoms with E-state index in [1.165, 1.54) is 48.5 Å². The summed E-state index contributed by atoms with van der Waals surface area (Å²) < 4.78 is 47.1. The second kappa shape index (κ2) is 12.1. The van der Waals surface area contributed by atoms with Crippen molar-refractivity contribution < 1.29 is 27.1 Å². The van der Waals surface area contributed by atoms with Gasteiger partial charge in [-0.1, -0.05) is 29.8 Å². The monoisotopic (exact) mass is 590 g/mol. The number of carbonyl (C=O) groups excluding carboxylic acids is 2. The van der Waals surface area contributed by atoms with E-state index in [0.29, 0.717) is 11.3 Å². The van der Waals surface area contributed by atoms with Gasteiger partial charge in [-0.05, 0) is 82.1 Å². The van der Waals surface area contributed by atoms with Gasteiger partial charge in [-0.25, -0.2) is 22.8 Å². The topological polar surface area (TPSA) is 141 Å². The number of nitrogens with one attached hydrogen (secondary N) is 1. The van der Waals surface area contributed by atoms with Crippen LogP contribution in [0.5, 0.6) is 11.6 Å². The first-order chi connectivity index (χ1) is 19.7. The molecule has 2 aromatic heterocycles. The van der Waals surface area contributed by atoms with Gasteiger partial charge >= 0.3 is 0 Å². The molecular formula is C31H31FN4O5S. The third kappa shape index (κ3) is 6.80. The standard InChI is InChI=1S/C31H31FN4O5S/c1-17(2)34-30(38)22-10-9-21(15-24(22)32)25-12-11-23(26(37)16-42(39,40)28-8-6-7-27(33)36-28)31(35-25)41-29-19(4)13-18(3)14-20(29)5/h6-15,17H,16H2,1-5H3,(H2,33,36)(H,34,38). The summed E-state index contributed by atoms with van der Waals surface area (Å²) in [6.07, 6.45) is 0. The fourth-order valence-corrected chi connectivity index (χ4v) is 5.62. The number of aryl methyl sites for hydroxylation is 3. The van der Waals surface area contributed by atoms with Crippen LogP contribution in [0.3, 0.4) is 0 Å². The number of hydrogen-bond donors (Lipinski definition) is 2. The Kier molecular flexibility index (Phi) is 8.72. The molecule has 3 N–H and O–H groups in total. The third-order valence-corrected chi connectivity index (χ3v) is 7.79. The van der Waals surface area contributed by atoms with Crippen LogP contribution in [0.4, 0.5) is 10.2 Å². The number of carbonyl (C=O) groups is 2. The Bertz CT molecular complexity index is 1780. The van der Waals surface area contributed by atoms with Gasteiger partial charge in [0.2, 0.25) is 15.7 Å². The van der Waals surface area contributed by atoms with Crippen LogP contribution in [-0.2, 0) is 9.84 Å². The Morgan fingerprint density at radius 2 is 1.62 bits per heavy atom. The summed E-state index contributed by atoms with van der Waals surface area (Å²) in [5, 5.41) is 2.32. The van der Waals surface area contributed by atoms with E-state index in [1.807, 2.05) is 32.9 Å². The van der Waals surface area contributed by atoms with E-state index in [4.69, 9.17) is 10.5 Å². The first kappa shape index (κ1) is 30.3. The largest absolute Gasteiger partial charge is 0.438 e. The number of pyridine rings is 2. The lowest BCUT2D eigenvalue weighted by molar-refractivity contribution is 0.0938. The minimum Gasteiger partial charge on any atom is -0.438 e. The Labute approximate surface area is 243 Å². The molecule has 218 valence electrons. The highest BCUT2D eigenvalue weighted by Gasteiger charge is 2.26. The molecule has 42 heavy (non-hydrogen) atoms. The van der Waals surface area contributed by atoms with Crippen LogP contribution in [-0.4, -0.2) is 41.9 Å². The second-order valence-electron chi connectivity index (χ2n) is 10.3. The minimum absolute atomic E-state index is 0.00354. The van der Waals surface area contributed by atoms with Gasteiger partial charge in [0, 0.05) is 11.6 Å². The number of rotatable bonds is 9. The molecule has 0 saturated heterocycles. The fraction of sp³-hybridized carbons (Fsp3) is 0.226. The Balaban J connectivity index is 1.77. The van der Waals surface area contributed by atoms with E-state index in [2.05, 4.69) is 15.3 Å². The van der Waals surface area contributed by atoms with Crippen molar-refractivity contribution in [1.29, 1.82) is 0 Å². The van der Waals surface area contributed by atoms with E-state index in [0.717, 1.165) is 16.7 Å². The zero-order chi connectivity index (χ0) is 30.8. The number of ether oxygens (including phenoxy) is 1. The molecule has 0 spiro atoms.